The van der Waals surface area contributed by atoms with E-state index >= 15 is 0 Å². The van der Waals surface area contributed by atoms with E-state index in [1.165, 1.54) is 6.42 Å². The Bertz CT molecular complexity index is 147. The monoisotopic (exact) mass is 170 g/mol. The minimum atomic E-state index is 0.196. The van der Waals surface area contributed by atoms with Crippen molar-refractivity contribution in [2.24, 2.45) is 11.3 Å². The van der Waals surface area contributed by atoms with E-state index in [0.717, 1.165) is 18.8 Å². The molecule has 1 heteroatoms. The summed E-state index contributed by atoms with van der Waals surface area (Å²) in [5.74, 6) is 1.04. The molecular formula is C11H22O. The van der Waals surface area contributed by atoms with Crippen LogP contribution >= 0.6 is 0 Å². The molecule has 72 valence electrons. The van der Waals surface area contributed by atoms with E-state index in [9.17, 15) is 4.79 Å². The molecule has 0 amide bonds. The van der Waals surface area contributed by atoms with Crippen LogP contribution in [0.15, 0.2) is 0 Å². The summed E-state index contributed by atoms with van der Waals surface area (Å²) < 4.78 is 0. The van der Waals surface area contributed by atoms with Gasteiger partial charge in [-0.2, -0.15) is 0 Å². The fourth-order valence-electron chi connectivity index (χ4n) is 1.83. The molecule has 0 bridgehead atoms. The van der Waals surface area contributed by atoms with Crippen molar-refractivity contribution in [2.75, 3.05) is 0 Å². The lowest BCUT2D eigenvalue weighted by Gasteiger charge is -2.26. The van der Waals surface area contributed by atoms with E-state index in [2.05, 4.69) is 27.7 Å². The number of hydrogen-bond donors (Lipinski definition) is 0. The van der Waals surface area contributed by atoms with Gasteiger partial charge in [0.15, 0.2) is 0 Å². The van der Waals surface area contributed by atoms with Crippen molar-refractivity contribution < 1.29 is 4.79 Å². The standard InChI is InChI=1S/C11H22O/c1-6-9(2)7-11(4,5)8-10(3)12/h9H,6-8H2,1-5H3. The number of ketones is 1. The lowest BCUT2D eigenvalue weighted by atomic mass is 9.79. The molecule has 0 spiro atoms. The second-order valence-corrected chi connectivity index (χ2v) is 4.76. The molecule has 0 aliphatic carbocycles. The Kier molecular flexibility index (Phi) is 4.51. The molecule has 0 aromatic rings. The van der Waals surface area contributed by atoms with Gasteiger partial charge in [0.25, 0.3) is 0 Å². The van der Waals surface area contributed by atoms with Crippen LogP contribution in [0.2, 0.25) is 0 Å². The molecule has 0 heterocycles. The van der Waals surface area contributed by atoms with E-state index in [1.54, 1.807) is 6.92 Å². The van der Waals surface area contributed by atoms with Crippen LogP contribution in [0.5, 0.6) is 0 Å². The highest BCUT2D eigenvalue weighted by molar-refractivity contribution is 5.76. The molecule has 0 saturated heterocycles. The highest BCUT2D eigenvalue weighted by atomic mass is 16.1. The highest BCUT2D eigenvalue weighted by Gasteiger charge is 2.21. The fourth-order valence-corrected chi connectivity index (χ4v) is 1.83. The summed E-state index contributed by atoms with van der Waals surface area (Å²) >= 11 is 0. The molecule has 0 aliphatic heterocycles. The van der Waals surface area contributed by atoms with Gasteiger partial charge in [-0.3, -0.25) is 0 Å². The van der Waals surface area contributed by atoms with E-state index < -0.39 is 0 Å². The average Bonchev–Trinajstić information content (AvgIpc) is 1.83. The normalized spacial score (nSPS) is 14.4. The van der Waals surface area contributed by atoms with Crippen molar-refractivity contribution >= 4 is 5.78 Å². The Morgan fingerprint density at radius 2 is 1.92 bits per heavy atom. The topological polar surface area (TPSA) is 17.1 Å². The molecule has 0 aliphatic rings. The molecule has 0 N–H and O–H groups in total. The van der Waals surface area contributed by atoms with Crippen LogP contribution in [-0.2, 0) is 4.79 Å². The Morgan fingerprint density at radius 3 is 2.25 bits per heavy atom. The van der Waals surface area contributed by atoms with Crippen LogP contribution in [0.25, 0.3) is 0 Å². The molecule has 1 unspecified atom stereocenters. The number of rotatable bonds is 5. The largest absolute Gasteiger partial charge is 0.300 e. The van der Waals surface area contributed by atoms with Crippen molar-refractivity contribution in [3.05, 3.63) is 0 Å². The Labute approximate surface area is 76.6 Å². The van der Waals surface area contributed by atoms with Crippen LogP contribution in [0.3, 0.4) is 0 Å². The third-order valence-corrected chi connectivity index (χ3v) is 2.33. The van der Waals surface area contributed by atoms with Crippen LogP contribution in [0.4, 0.5) is 0 Å². The van der Waals surface area contributed by atoms with Crippen LogP contribution in [0.1, 0.15) is 53.9 Å². The quantitative estimate of drug-likeness (QED) is 0.618. The Hall–Kier alpha value is -0.330. The van der Waals surface area contributed by atoms with Gasteiger partial charge in [-0.1, -0.05) is 34.1 Å². The van der Waals surface area contributed by atoms with Gasteiger partial charge in [-0.25, -0.2) is 0 Å². The van der Waals surface area contributed by atoms with Crippen molar-refractivity contribution in [3.63, 3.8) is 0 Å². The van der Waals surface area contributed by atoms with Gasteiger partial charge in [0.2, 0.25) is 0 Å². The summed E-state index contributed by atoms with van der Waals surface area (Å²) in [4.78, 5) is 10.9. The van der Waals surface area contributed by atoms with E-state index in [4.69, 9.17) is 0 Å². The zero-order valence-corrected chi connectivity index (χ0v) is 9.11. The zero-order valence-electron chi connectivity index (χ0n) is 9.11. The van der Waals surface area contributed by atoms with Gasteiger partial charge in [-0.05, 0) is 24.7 Å². The first-order valence-corrected chi connectivity index (χ1v) is 4.87. The van der Waals surface area contributed by atoms with Crippen LogP contribution < -0.4 is 0 Å². The lowest BCUT2D eigenvalue weighted by Crippen LogP contribution is -2.18. The predicted octanol–water partition coefficient (Wildman–Crippen LogP) is 3.43. The predicted molar refractivity (Wildman–Crippen MR) is 53.2 cm³/mol. The first-order valence-electron chi connectivity index (χ1n) is 4.87. The average molecular weight is 170 g/mol. The molecule has 0 fully saturated rings. The highest BCUT2D eigenvalue weighted by Crippen LogP contribution is 2.30. The molecule has 1 atom stereocenters. The van der Waals surface area contributed by atoms with Crippen molar-refractivity contribution in [1.82, 2.24) is 0 Å². The first-order chi connectivity index (χ1) is 5.37. The Morgan fingerprint density at radius 1 is 1.42 bits per heavy atom. The minimum absolute atomic E-state index is 0.196. The Balaban J connectivity index is 3.94. The zero-order chi connectivity index (χ0) is 9.78. The summed E-state index contributed by atoms with van der Waals surface area (Å²) in [6, 6.07) is 0. The van der Waals surface area contributed by atoms with Gasteiger partial charge >= 0.3 is 0 Å². The maximum atomic E-state index is 10.9. The first kappa shape index (κ1) is 11.7. The smallest absolute Gasteiger partial charge is 0.130 e. The van der Waals surface area contributed by atoms with Crippen molar-refractivity contribution in [1.29, 1.82) is 0 Å². The lowest BCUT2D eigenvalue weighted by molar-refractivity contribution is -0.119. The van der Waals surface area contributed by atoms with E-state index in [1.807, 2.05) is 0 Å². The number of Topliss-reactive ketones (excluding diaryl/α,β-unsaturated/α-hetero) is 1. The van der Waals surface area contributed by atoms with Crippen LogP contribution in [0, 0.1) is 11.3 Å². The minimum Gasteiger partial charge on any atom is -0.300 e. The summed E-state index contributed by atoms with van der Waals surface area (Å²) in [5, 5.41) is 0. The van der Waals surface area contributed by atoms with Gasteiger partial charge in [0.1, 0.15) is 5.78 Å². The molecule has 0 aromatic carbocycles. The maximum absolute atomic E-state index is 10.9. The SMILES string of the molecule is CCC(C)CC(C)(C)CC(C)=O. The summed E-state index contributed by atoms with van der Waals surface area (Å²) in [6.45, 7) is 10.5. The molecular weight excluding hydrogens is 148 g/mol. The van der Waals surface area contributed by atoms with Crippen molar-refractivity contribution in [3.8, 4) is 0 Å². The maximum Gasteiger partial charge on any atom is 0.130 e. The molecule has 1 nitrogen and oxygen atoms in total. The number of hydrogen-bond acceptors (Lipinski definition) is 1. The van der Waals surface area contributed by atoms with Gasteiger partial charge < -0.3 is 4.79 Å². The summed E-state index contributed by atoms with van der Waals surface area (Å²) in [7, 11) is 0. The van der Waals surface area contributed by atoms with E-state index in [0.29, 0.717) is 5.78 Å². The number of carbonyl (C=O) groups is 1. The van der Waals surface area contributed by atoms with Crippen LogP contribution in [-0.4, -0.2) is 5.78 Å². The number of carbonyl (C=O) groups excluding carboxylic acids is 1. The molecule has 0 aromatic heterocycles. The molecule has 0 saturated carbocycles. The second kappa shape index (κ2) is 4.64. The molecule has 0 radical (unpaired) electrons. The van der Waals surface area contributed by atoms with Crippen molar-refractivity contribution in [2.45, 2.75) is 53.9 Å². The third kappa shape index (κ3) is 5.34. The third-order valence-electron chi connectivity index (χ3n) is 2.33. The molecule has 12 heavy (non-hydrogen) atoms. The fraction of sp³-hybridized carbons (Fsp3) is 0.909. The van der Waals surface area contributed by atoms with E-state index in [-0.39, 0.29) is 5.41 Å². The summed E-state index contributed by atoms with van der Waals surface area (Å²) in [6.07, 6.45) is 3.09. The molecule has 0 rings (SSSR count). The summed E-state index contributed by atoms with van der Waals surface area (Å²) in [5.41, 5.74) is 0.196. The van der Waals surface area contributed by atoms with Gasteiger partial charge in [0, 0.05) is 6.42 Å². The van der Waals surface area contributed by atoms with Gasteiger partial charge in [0.05, 0.1) is 0 Å². The second-order valence-electron chi connectivity index (χ2n) is 4.76. The van der Waals surface area contributed by atoms with Gasteiger partial charge in [-0.15, -0.1) is 0 Å².